The molecular formula is C13H16F3NO4. The Morgan fingerprint density at radius 2 is 1.95 bits per heavy atom. The summed E-state index contributed by atoms with van der Waals surface area (Å²) >= 11 is 0. The monoisotopic (exact) mass is 307 g/mol. The molecule has 1 atom stereocenters. The van der Waals surface area contributed by atoms with Gasteiger partial charge in [0.15, 0.2) is 0 Å². The summed E-state index contributed by atoms with van der Waals surface area (Å²) < 4.78 is 50.6. The molecule has 8 heteroatoms. The van der Waals surface area contributed by atoms with E-state index in [1.165, 1.54) is 33.3 Å². The average Bonchev–Trinajstić information content (AvgIpc) is 2.44. The molecule has 0 aromatic heterocycles. The molecule has 1 rings (SSSR count). The second-order valence-corrected chi connectivity index (χ2v) is 4.12. The quantitative estimate of drug-likeness (QED) is 0.877. The third-order valence-electron chi connectivity index (χ3n) is 2.53. The van der Waals surface area contributed by atoms with Crippen LogP contribution in [0, 0.1) is 0 Å². The van der Waals surface area contributed by atoms with Crippen LogP contribution in [0.25, 0.3) is 0 Å². The van der Waals surface area contributed by atoms with Gasteiger partial charge in [0.1, 0.15) is 24.2 Å². The summed E-state index contributed by atoms with van der Waals surface area (Å²) in [6, 6.07) is 4.64. The Morgan fingerprint density at radius 3 is 2.48 bits per heavy atom. The van der Waals surface area contributed by atoms with Gasteiger partial charge in [-0.2, -0.15) is 13.2 Å². The van der Waals surface area contributed by atoms with Gasteiger partial charge in [0.25, 0.3) is 5.91 Å². The zero-order valence-electron chi connectivity index (χ0n) is 11.8. The normalized spacial score (nSPS) is 12.7. The van der Waals surface area contributed by atoms with Crippen molar-refractivity contribution in [1.82, 2.24) is 0 Å². The van der Waals surface area contributed by atoms with Gasteiger partial charge in [0.05, 0.1) is 19.9 Å². The number of nitrogens with one attached hydrogen (secondary N) is 1. The fourth-order valence-electron chi connectivity index (χ4n) is 1.43. The van der Waals surface area contributed by atoms with Gasteiger partial charge in [-0.15, -0.1) is 0 Å². The largest absolute Gasteiger partial charge is 0.497 e. The summed E-state index contributed by atoms with van der Waals surface area (Å²) in [7, 11) is 2.87. The number of hydrogen-bond acceptors (Lipinski definition) is 4. The Balaban J connectivity index is 2.70. The maximum atomic E-state index is 12.0. The number of anilines is 1. The van der Waals surface area contributed by atoms with E-state index in [1.807, 2.05) is 0 Å². The molecule has 0 saturated carbocycles. The standard InChI is InChI=1S/C13H16F3NO4/c1-8(21-7-13(14,15)16)12(18)17-10-5-4-9(19-2)6-11(10)20-3/h4-6,8H,7H2,1-3H3,(H,17,18)/t8-/m0/s1. The SMILES string of the molecule is COc1ccc(NC(=O)[C@H](C)OCC(F)(F)F)c(OC)c1. The summed E-state index contributed by atoms with van der Waals surface area (Å²) in [5.41, 5.74) is 0.311. The molecular weight excluding hydrogens is 291 g/mol. The van der Waals surface area contributed by atoms with Crippen molar-refractivity contribution in [2.24, 2.45) is 0 Å². The van der Waals surface area contributed by atoms with Gasteiger partial charge in [-0.25, -0.2) is 0 Å². The number of carbonyl (C=O) groups is 1. The van der Waals surface area contributed by atoms with E-state index < -0.39 is 24.8 Å². The number of methoxy groups -OCH3 is 2. The van der Waals surface area contributed by atoms with Crippen LogP contribution in [0.4, 0.5) is 18.9 Å². The average molecular weight is 307 g/mol. The molecule has 0 aliphatic carbocycles. The summed E-state index contributed by atoms with van der Waals surface area (Å²) in [4.78, 5) is 11.8. The number of ether oxygens (including phenoxy) is 3. The van der Waals surface area contributed by atoms with Crippen molar-refractivity contribution in [1.29, 1.82) is 0 Å². The van der Waals surface area contributed by atoms with E-state index in [0.717, 1.165) is 0 Å². The van der Waals surface area contributed by atoms with Crippen molar-refractivity contribution >= 4 is 11.6 Å². The lowest BCUT2D eigenvalue weighted by Gasteiger charge is -2.16. The first kappa shape index (κ1) is 17.1. The highest BCUT2D eigenvalue weighted by Gasteiger charge is 2.30. The molecule has 0 radical (unpaired) electrons. The van der Waals surface area contributed by atoms with E-state index in [2.05, 4.69) is 10.1 Å². The molecule has 0 unspecified atom stereocenters. The maximum Gasteiger partial charge on any atom is 0.411 e. The Hall–Kier alpha value is -1.96. The van der Waals surface area contributed by atoms with Gasteiger partial charge in [0, 0.05) is 6.07 Å². The van der Waals surface area contributed by atoms with Crippen LogP contribution in [0.5, 0.6) is 11.5 Å². The molecule has 0 saturated heterocycles. The maximum absolute atomic E-state index is 12.0. The van der Waals surface area contributed by atoms with Gasteiger partial charge in [0.2, 0.25) is 0 Å². The lowest BCUT2D eigenvalue weighted by Crippen LogP contribution is -2.31. The highest BCUT2D eigenvalue weighted by atomic mass is 19.4. The number of benzene rings is 1. The predicted octanol–water partition coefficient (Wildman–Crippen LogP) is 2.61. The fourth-order valence-corrected chi connectivity index (χ4v) is 1.43. The number of alkyl halides is 3. The van der Waals surface area contributed by atoms with Crippen molar-refractivity contribution < 1.29 is 32.2 Å². The molecule has 0 fully saturated rings. The summed E-state index contributed by atoms with van der Waals surface area (Å²) in [5.74, 6) is 0.139. The van der Waals surface area contributed by atoms with Crippen molar-refractivity contribution in [3.05, 3.63) is 18.2 Å². The van der Waals surface area contributed by atoms with E-state index >= 15 is 0 Å². The minimum absolute atomic E-state index is 0.311. The van der Waals surface area contributed by atoms with E-state index in [4.69, 9.17) is 9.47 Å². The molecule has 1 N–H and O–H groups in total. The highest BCUT2D eigenvalue weighted by molar-refractivity contribution is 5.95. The molecule has 1 amide bonds. The second-order valence-electron chi connectivity index (χ2n) is 4.12. The molecule has 1 aromatic rings. The smallest absolute Gasteiger partial charge is 0.411 e. The van der Waals surface area contributed by atoms with Gasteiger partial charge in [-0.3, -0.25) is 4.79 Å². The summed E-state index contributed by atoms with van der Waals surface area (Å²) in [6.45, 7) is -0.252. The molecule has 0 heterocycles. The number of carbonyl (C=O) groups excluding carboxylic acids is 1. The number of halogens is 3. The van der Waals surface area contributed by atoms with Crippen LogP contribution in [0.1, 0.15) is 6.92 Å². The molecule has 21 heavy (non-hydrogen) atoms. The first-order valence-electron chi connectivity index (χ1n) is 5.98. The molecule has 0 aliphatic rings. The van der Waals surface area contributed by atoms with Crippen LogP contribution in [0.3, 0.4) is 0 Å². The second kappa shape index (κ2) is 7.16. The topological polar surface area (TPSA) is 56.8 Å². The number of hydrogen-bond donors (Lipinski definition) is 1. The molecule has 5 nitrogen and oxygen atoms in total. The molecule has 0 bridgehead atoms. The minimum atomic E-state index is -4.48. The van der Waals surface area contributed by atoms with Crippen LogP contribution >= 0.6 is 0 Å². The first-order valence-corrected chi connectivity index (χ1v) is 5.98. The molecule has 0 spiro atoms. The van der Waals surface area contributed by atoms with Crippen LogP contribution in [-0.4, -0.2) is 39.0 Å². The van der Waals surface area contributed by atoms with Crippen molar-refractivity contribution in [2.75, 3.05) is 26.1 Å². The van der Waals surface area contributed by atoms with Crippen molar-refractivity contribution in [3.8, 4) is 11.5 Å². The lowest BCUT2D eigenvalue weighted by molar-refractivity contribution is -0.184. The first-order chi connectivity index (χ1) is 9.76. The zero-order chi connectivity index (χ0) is 16.0. The summed E-state index contributed by atoms with van der Waals surface area (Å²) in [6.07, 6.45) is -5.73. The van der Waals surface area contributed by atoms with Crippen LogP contribution in [0.15, 0.2) is 18.2 Å². The minimum Gasteiger partial charge on any atom is -0.497 e. The third kappa shape index (κ3) is 5.50. The van der Waals surface area contributed by atoms with E-state index in [9.17, 15) is 18.0 Å². The van der Waals surface area contributed by atoms with E-state index in [1.54, 1.807) is 6.07 Å². The van der Waals surface area contributed by atoms with Gasteiger partial charge < -0.3 is 19.5 Å². The highest BCUT2D eigenvalue weighted by Crippen LogP contribution is 2.29. The number of amides is 1. The molecule has 118 valence electrons. The molecule has 1 aromatic carbocycles. The van der Waals surface area contributed by atoms with Crippen LogP contribution in [-0.2, 0) is 9.53 Å². The van der Waals surface area contributed by atoms with E-state index in [-0.39, 0.29) is 0 Å². The fraction of sp³-hybridized carbons (Fsp3) is 0.462. The third-order valence-corrected chi connectivity index (χ3v) is 2.53. The zero-order valence-corrected chi connectivity index (χ0v) is 11.8. The van der Waals surface area contributed by atoms with Gasteiger partial charge >= 0.3 is 6.18 Å². The Bertz CT molecular complexity index is 491. The van der Waals surface area contributed by atoms with Crippen molar-refractivity contribution in [2.45, 2.75) is 19.2 Å². The van der Waals surface area contributed by atoms with E-state index in [0.29, 0.717) is 17.2 Å². The van der Waals surface area contributed by atoms with Gasteiger partial charge in [-0.05, 0) is 19.1 Å². The number of rotatable bonds is 6. The predicted molar refractivity (Wildman–Crippen MR) is 69.6 cm³/mol. The van der Waals surface area contributed by atoms with Crippen molar-refractivity contribution in [3.63, 3.8) is 0 Å². The van der Waals surface area contributed by atoms with Crippen LogP contribution < -0.4 is 14.8 Å². The van der Waals surface area contributed by atoms with Crippen LogP contribution in [0.2, 0.25) is 0 Å². The molecule has 0 aliphatic heterocycles. The van der Waals surface area contributed by atoms with Gasteiger partial charge in [-0.1, -0.05) is 0 Å². The Kier molecular flexibility index (Phi) is 5.83. The Labute approximate surface area is 120 Å². The Morgan fingerprint density at radius 1 is 1.29 bits per heavy atom. The lowest BCUT2D eigenvalue weighted by atomic mass is 10.2. The summed E-state index contributed by atoms with van der Waals surface area (Å²) in [5, 5.41) is 2.44.